The van der Waals surface area contributed by atoms with Crippen molar-refractivity contribution in [1.29, 1.82) is 0 Å². The third-order valence-electron chi connectivity index (χ3n) is 23.5. The fraction of sp³-hybridized carbons (Fsp3) is 0.828. The van der Waals surface area contributed by atoms with Crippen LogP contribution in [0.4, 0.5) is 0 Å². The maximum absolute atomic E-state index is 14.5. The Hall–Kier alpha value is -2.51. The van der Waals surface area contributed by atoms with Gasteiger partial charge in [0, 0.05) is 17.4 Å². The van der Waals surface area contributed by atoms with Gasteiger partial charge >= 0.3 is 11.9 Å². The summed E-state index contributed by atoms with van der Waals surface area (Å²) in [5.74, 6) is 2.86. The van der Waals surface area contributed by atoms with E-state index in [9.17, 15) is 24.6 Å². The standard InChI is InChI=1S/C64H102O7/c1-42(2)46-28-37-64(39-38-61(12)47(54(46)64)26-27-50-59(10)33-31-52(65)57(6,7)48(59)29-35-62(50,61)13)56(68)71-41-16-15-40-70-55(67)45(5)24-18-22-43(3)20-17-21-44(4)23-19-25-51-60(11)34-32-53(66)58(8,9)49(60)30-36-63(51,14)69/h20,23-24,46-52,54,65,69H,1,15-19,21-22,25-41H2,2-14H3/b43-20+,44-23+,45-24+/t46-,47+,48-,49-,50+,51+,52-,54+,59-,60-,61+,62+,63+,64-/m0/s1. The lowest BCUT2D eigenvalue weighted by molar-refractivity contribution is -0.248. The van der Waals surface area contributed by atoms with E-state index in [0.29, 0.717) is 73.4 Å². The molecule has 7 aliphatic carbocycles. The Morgan fingerprint density at radius 1 is 0.662 bits per heavy atom. The Balaban J connectivity index is 0.827. The number of hydrogen-bond acceptors (Lipinski definition) is 7. The molecule has 0 heterocycles. The van der Waals surface area contributed by atoms with Crippen molar-refractivity contribution in [2.75, 3.05) is 13.2 Å². The molecule has 0 radical (unpaired) electrons. The van der Waals surface area contributed by atoms with Gasteiger partial charge in [-0.3, -0.25) is 9.59 Å². The zero-order valence-corrected chi connectivity index (χ0v) is 47.5. The number of esters is 2. The lowest BCUT2D eigenvalue weighted by Gasteiger charge is -2.72. The van der Waals surface area contributed by atoms with Gasteiger partial charge in [-0.15, -0.1) is 0 Å². The third kappa shape index (κ3) is 10.1. The molecule has 0 aliphatic heterocycles. The van der Waals surface area contributed by atoms with Crippen LogP contribution in [0.2, 0.25) is 0 Å². The average Bonchev–Trinajstić information content (AvgIpc) is 3.70. The second-order valence-corrected chi connectivity index (χ2v) is 28.0. The van der Waals surface area contributed by atoms with Crippen molar-refractivity contribution in [2.45, 2.75) is 243 Å². The average molecular weight is 984 g/mol. The summed E-state index contributed by atoms with van der Waals surface area (Å²) < 4.78 is 11.9. The van der Waals surface area contributed by atoms with Gasteiger partial charge in [0.1, 0.15) is 5.78 Å². The van der Waals surface area contributed by atoms with Gasteiger partial charge in [0.2, 0.25) is 0 Å². The summed E-state index contributed by atoms with van der Waals surface area (Å²) in [5.41, 5.74) is 3.58. The molecule has 7 fully saturated rings. The number of ether oxygens (including phenoxy) is 2. The Labute approximate surface area is 432 Å². The van der Waals surface area contributed by atoms with Crippen LogP contribution >= 0.6 is 0 Å². The summed E-state index contributed by atoms with van der Waals surface area (Å²) in [4.78, 5) is 40.3. The normalized spacial score (nSPS) is 42.0. The molecule has 0 amide bonds. The van der Waals surface area contributed by atoms with E-state index in [1.54, 1.807) is 0 Å². The van der Waals surface area contributed by atoms with E-state index in [1.165, 1.54) is 42.4 Å². The van der Waals surface area contributed by atoms with E-state index in [0.717, 1.165) is 96.3 Å². The Bertz CT molecular complexity index is 2090. The highest BCUT2D eigenvalue weighted by atomic mass is 16.5. The Kier molecular flexibility index (Phi) is 16.5. The van der Waals surface area contributed by atoms with Crippen molar-refractivity contribution in [3.63, 3.8) is 0 Å². The summed E-state index contributed by atoms with van der Waals surface area (Å²) in [6.45, 7) is 34.7. The van der Waals surface area contributed by atoms with E-state index in [2.05, 4.69) is 94.9 Å². The predicted molar refractivity (Wildman–Crippen MR) is 288 cm³/mol. The summed E-state index contributed by atoms with van der Waals surface area (Å²) >= 11 is 0. The molecule has 7 heteroatoms. The fourth-order valence-corrected chi connectivity index (χ4v) is 19.1. The Morgan fingerprint density at radius 3 is 1.97 bits per heavy atom. The van der Waals surface area contributed by atoms with Crippen molar-refractivity contribution in [3.8, 4) is 0 Å². The highest BCUT2D eigenvalue weighted by Gasteiger charge is 2.72. The minimum absolute atomic E-state index is 0.00357. The first-order valence-electron chi connectivity index (χ1n) is 29.0. The third-order valence-corrected chi connectivity index (χ3v) is 23.5. The number of allylic oxidation sites excluding steroid dienone is 6. The van der Waals surface area contributed by atoms with Gasteiger partial charge in [-0.25, -0.2) is 4.79 Å². The summed E-state index contributed by atoms with van der Waals surface area (Å²) in [6, 6.07) is 0. The first-order chi connectivity index (χ1) is 33.1. The number of unbranched alkanes of at least 4 members (excludes halogenated alkanes) is 1. The quantitative estimate of drug-likeness (QED) is 0.0646. The number of ketones is 1. The van der Waals surface area contributed by atoms with Crippen LogP contribution in [-0.2, 0) is 23.9 Å². The predicted octanol–water partition coefficient (Wildman–Crippen LogP) is 15.2. The van der Waals surface area contributed by atoms with Crippen LogP contribution in [0.5, 0.6) is 0 Å². The molecule has 0 spiro atoms. The fourth-order valence-electron chi connectivity index (χ4n) is 19.1. The van der Waals surface area contributed by atoms with Gasteiger partial charge in [-0.2, -0.15) is 0 Å². The molecular formula is C64H102O7. The van der Waals surface area contributed by atoms with E-state index in [1.807, 2.05) is 19.9 Å². The van der Waals surface area contributed by atoms with Crippen LogP contribution in [0, 0.1) is 79.3 Å². The van der Waals surface area contributed by atoms with Crippen LogP contribution < -0.4 is 0 Å². The van der Waals surface area contributed by atoms with Crippen molar-refractivity contribution in [3.05, 3.63) is 47.1 Å². The van der Waals surface area contributed by atoms with Crippen LogP contribution in [0.25, 0.3) is 0 Å². The van der Waals surface area contributed by atoms with Crippen LogP contribution in [0.15, 0.2) is 47.1 Å². The number of carbonyl (C=O) groups excluding carboxylic acids is 3. The van der Waals surface area contributed by atoms with Crippen LogP contribution in [0.1, 0.15) is 231 Å². The van der Waals surface area contributed by atoms with Gasteiger partial charge in [-0.05, 0) is 238 Å². The molecule has 0 aromatic rings. The van der Waals surface area contributed by atoms with Gasteiger partial charge in [0.15, 0.2) is 0 Å². The van der Waals surface area contributed by atoms with Crippen molar-refractivity contribution in [1.82, 2.24) is 0 Å². The number of fused-ring (bicyclic) bond motifs is 8. The Morgan fingerprint density at radius 2 is 1.30 bits per heavy atom. The van der Waals surface area contributed by atoms with E-state index >= 15 is 0 Å². The number of rotatable bonds is 17. The monoisotopic (exact) mass is 983 g/mol. The first-order valence-corrected chi connectivity index (χ1v) is 29.0. The van der Waals surface area contributed by atoms with Crippen molar-refractivity contribution in [2.24, 2.45) is 79.3 Å². The molecule has 2 N–H and O–H groups in total. The molecule has 0 aromatic heterocycles. The maximum atomic E-state index is 14.5. The molecule has 71 heavy (non-hydrogen) atoms. The van der Waals surface area contributed by atoms with E-state index < -0.39 is 11.0 Å². The van der Waals surface area contributed by atoms with Gasteiger partial charge < -0.3 is 19.7 Å². The molecule has 0 bridgehead atoms. The molecule has 7 nitrogen and oxygen atoms in total. The largest absolute Gasteiger partial charge is 0.465 e. The smallest absolute Gasteiger partial charge is 0.333 e. The van der Waals surface area contributed by atoms with Gasteiger partial charge in [0.05, 0.1) is 30.3 Å². The van der Waals surface area contributed by atoms with Gasteiger partial charge in [-0.1, -0.05) is 96.9 Å². The second-order valence-electron chi connectivity index (χ2n) is 28.0. The highest BCUT2D eigenvalue weighted by molar-refractivity contribution is 5.87. The summed E-state index contributed by atoms with van der Waals surface area (Å²) in [6.07, 6.45) is 27.2. The molecule has 0 saturated heterocycles. The number of aliphatic hydroxyl groups excluding tert-OH is 1. The molecule has 7 saturated carbocycles. The zero-order chi connectivity index (χ0) is 52.2. The molecular weight excluding hydrogens is 881 g/mol. The molecule has 0 aromatic carbocycles. The lowest BCUT2D eigenvalue weighted by Crippen LogP contribution is -2.67. The van der Waals surface area contributed by atoms with E-state index in [4.69, 9.17) is 9.47 Å². The molecule has 0 unspecified atom stereocenters. The number of Topliss-reactive ketones (excluding diaryl/α,β-unsaturated/α-hetero) is 1. The first kappa shape index (κ1) is 56.2. The minimum atomic E-state index is -0.697. The topological polar surface area (TPSA) is 110 Å². The molecule has 14 atom stereocenters. The summed E-state index contributed by atoms with van der Waals surface area (Å²) in [5, 5.41) is 22.7. The van der Waals surface area contributed by atoms with Crippen LogP contribution in [-0.4, -0.2) is 52.9 Å². The summed E-state index contributed by atoms with van der Waals surface area (Å²) in [7, 11) is 0. The second kappa shape index (κ2) is 20.9. The number of carbonyl (C=O) groups is 3. The zero-order valence-electron chi connectivity index (χ0n) is 47.5. The van der Waals surface area contributed by atoms with Crippen molar-refractivity contribution >= 4 is 17.7 Å². The van der Waals surface area contributed by atoms with E-state index in [-0.39, 0.29) is 62.4 Å². The lowest BCUT2D eigenvalue weighted by atomic mass is 9.32. The van der Waals surface area contributed by atoms with Crippen molar-refractivity contribution < 1.29 is 34.1 Å². The maximum Gasteiger partial charge on any atom is 0.333 e. The number of aliphatic hydroxyl groups is 2. The molecule has 7 aliphatic rings. The molecule has 400 valence electrons. The SMILES string of the molecule is C=C(C)[C@@H]1CC[C@]2(C(=O)OCCCCOC(=O)/C(C)=C/CC/C(C)=C/CC/C(C)=C/CC[C@@H]3[C@@]4(C)CCC(=O)C(C)(C)[C@@H]4CC[C@@]3(C)O)CC[C@]3(C)[C@H](CC[C@@H]4[C@@]5(C)CC[C@H](O)C(C)(C)[C@@H]5CC[C@]43C)[C@@H]12. The number of hydrogen-bond donors (Lipinski definition) is 2. The highest BCUT2D eigenvalue weighted by Crippen LogP contribution is 2.77. The van der Waals surface area contributed by atoms with Gasteiger partial charge in [0.25, 0.3) is 0 Å². The molecule has 7 rings (SSSR count). The minimum Gasteiger partial charge on any atom is -0.465 e. The van der Waals surface area contributed by atoms with Crippen LogP contribution in [0.3, 0.4) is 0 Å².